The number of aromatic nitrogens is 1. The first-order valence-corrected chi connectivity index (χ1v) is 11.6. The predicted octanol–water partition coefficient (Wildman–Crippen LogP) is 2.82. The average Bonchev–Trinajstić information content (AvgIpc) is 3.09. The van der Waals surface area contributed by atoms with Gasteiger partial charge in [0, 0.05) is 19.2 Å². The summed E-state index contributed by atoms with van der Waals surface area (Å²) >= 11 is 0.760. The molecule has 3 rings (SSSR count). The van der Waals surface area contributed by atoms with Crippen LogP contribution in [0.3, 0.4) is 0 Å². The zero-order valence-electron chi connectivity index (χ0n) is 18.6. The fourth-order valence-corrected chi connectivity index (χ4v) is 4.28. The number of nitrogens with zero attached hydrogens (tertiary/aromatic N) is 1. The maximum absolute atomic E-state index is 13.7. The van der Waals surface area contributed by atoms with Crippen LogP contribution < -0.4 is 10.6 Å². The smallest absolute Gasteiger partial charge is 0.274 e. The number of aliphatic hydroxyl groups is 1. The van der Waals surface area contributed by atoms with Crippen molar-refractivity contribution in [3.8, 4) is 11.1 Å². The fourth-order valence-electron chi connectivity index (χ4n) is 3.58. The van der Waals surface area contributed by atoms with Crippen LogP contribution in [0, 0.1) is 11.6 Å². The molecule has 0 unspecified atom stereocenters. The van der Waals surface area contributed by atoms with Crippen molar-refractivity contribution in [1.82, 2.24) is 15.6 Å². The second-order valence-corrected chi connectivity index (χ2v) is 9.01. The summed E-state index contributed by atoms with van der Waals surface area (Å²) < 4.78 is 27.3. The third kappa shape index (κ3) is 7.47. The van der Waals surface area contributed by atoms with Gasteiger partial charge >= 0.3 is 0 Å². The number of aryl methyl sites for hydroxylation is 1. The van der Waals surface area contributed by atoms with Crippen molar-refractivity contribution in [2.45, 2.75) is 44.9 Å². The van der Waals surface area contributed by atoms with E-state index in [1.54, 1.807) is 0 Å². The van der Waals surface area contributed by atoms with Crippen molar-refractivity contribution in [1.29, 1.82) is 0 Å². The highest BCUT2D eigenvalue weighted by Gasteiger charge is 2.24. The van der Waals surface area contributed by atoms with Gasteiger partial charge in [-0.2, -0.15) is 4.98 Å². The van der Waals surface area contributed by atoms with Gasteiger partial charge in [-0.05, 0) is 41.7 Å². The second-order valence-electron chi connectivity index (χ2n) is 7.95. The third-order valence-electron chi connectivity index (χ3n) is 5.26. The molecule has 2 atom stereocenters. The van der Waals surface area contributed by atoms with Gasteiger partial charge in [-0.25, -0.2) is 8.78 Å². The molecule has 1 aromatic heterocycles. The number of aromatic hydroxyl groups is 2. The molecule has 10 heteroatoms. The minimum absolute atomic E-state index is 0.0193. The van der Waals surface area contributed by atoms with Crippen molar-refractivity contribution < 1.29 is 28.9 Å². The van der Waals surface area contributed by atoms with Crippen LogP contribution >= 0.6 is 11.3 Å². The molecule has 0 saturated carbocycles. The van der Waals surface area contributed by atoms with E-state index < -0.39 is 35.6 Å². The molecule has 0 spiro atoms. The number of rotatable bonds is 11. The molecular weight excluding hydrogens is 464 g/mol. The Kier molecular flexibility index (Phi) is 8.91. The van der Waals surface area contributed by atoms with Crippen LogP contribution in [-0.4, -0.2) is 44.9 Å². The Hall–Kier alpha value is -3.08. The van der Waals surface area contributed by atoms with Crippen LogP contribution in [0.5, 0.6) is 11.1 Å². The van der Waals surface area contributed by atoms with E-state index in [-0.39, 0.29) is 35.0 Å². The van der Waals surface area contributed by atoms with Crippen molar-refractivity contribution in [2.75, 3.05) is 6.54 Å². The summed E-state index contributed by atoms with van der Waals surface area (Å²) in [7, 11) is 0. The molecule has 1 amide bonds. The summed E-state index contributed by atoms with van der Waals surface area (Å²) in [6.45, 7) is 2.67. The Bertz CT molecular complexity index is 1110. The van der Waals surface area contributed by atoms with Crippen LogP contribution in [0.1, 0.15) is 28.5 Å². The van der Waals surface area contributed by atoms with Crippen molar-refractivity contribution >= 4 is 17.2 Å². The average molecular weight is 492 g/mol. The van der Waals surface area contributed by atoms with E-state index in [0.29, 0.717) is 6.54 Å². The summed E-state index contributed by atoms with van der Waals surface area (Å²) in [5.41, 5.74) is 2.51. The third-order valence-corrected chi connectivity index (χ3v) is 6.10. The Morgan fingerprint density at radius 3 is 2.44 bits per heavy atom. The summed E-state index contributed by atoms with van der Waals surface area (Å²) in [6, 6.07) is 10.2. The maximum atomic E-state index is 13.7. The van der Waals surface area contributed by atoms with Crippen LogP contribution in [0.4, 0.5) is 8.78 Å². The number of nitrogens with one attached hydrogen (secondary N) is 2. The molecule has 2 aromatic carbocycles. The second kappa shape index (κ2) is 11.9. The monoisotopic (exact) mass is 491 g/mol. The van der Waals surface area contributed by atoms with E-state index >= 15 is 0 Å². The number of aliphatic hydroxyl groups excluding tert-OH is 1. The summed E-state index contributed by atoms with van der Waals surface area (Å²) in [5.74, 6) is -2.50. The van der Waals surface area contributed by atoms with Crippen LogP contribution in [0.15, 0.2) is 42.5 Å². The molecule has 0 fully saturated rings. The number of hydrogen-bond donors (Lipinski definition) is 5. The lowest BCUT2D eigenvalue weighted by Crippen LogP contribution is -2.49. The Morgan fingerprint density at radius 1 is 1.09 bits per heavy atom. The molecule has 0 bridgehead atoms. The normalized spacial score (nSPS) is 12.9. The van der Waals surface area contributed by atoms with E-state index in [2.05, 4.69) is 28.6 Å². The topological polar surface area (TPSA) is 115 Å². The maximum Gasteiger partial charge on any atom is 0.274 e. The molecule has 0 aliphatic rings. The van der Waals surface area contributed by atoms with Gasteiger partial charge in [0.25, 0.3) is 5.19 Å². The molecule has 0 aliphatic heterocycles. The van der Waals surface area contributed by atoms with Crippen molar-refractivity contribution in [2.24, 2.45) is 0 Å². The lowest BCUT2D eigenvalue weighted by Gasteiger charge is -2.25. The van der Waals surface area contributed by atoms with E-state index in [0.717, 1.165) is 41.5 Å². The molecular formula is C24H27F2N3O4S. The molecule has 0 aliphatic carbocycles. The van der Waals surface area contributed by atoms with Crippen LogP contribution in [-0.2, 0) is 30.6 Å². The van der Waals surface area contributed by atoms with Crippen molar-refractivity contribution in [3.05, 3.63) is 75.7 Å². The highest BCUT2D eigenvalue weighted by atomic mass is 32.1. The van der Waals surface area contributed by atoms with Gasteiger partial charge in [0.2, 0.25) is 11.8 Å². The van der Waals surface area contributed by atoms with Gasteiger partial charge in [0.1, 0.15) is 11.6 Å². The zero-order valence-corrected chi connectivity index (χ0v) is 19.4. The van der Waals surface area contributed by atoms with Crippen LogP contribution in [0.2, 0.25) is 0 Å². The minimum Gasteiger partial charge on any atom is -0.492 e. The first-order valence-electron chi connectivity index (χ1n) is 10.8. The van der Waals surface area contributed by atoms with Gasteiger partial charge in [0.05, 0.1) is 23.4 Å². The Balaban J connectivity index is 1.67. The molecule has 1 heterocycles. The number of carbonyl (C=O) groups excluding carboxylic acids is 1. The molecule has 3 aromatic rings. The van der Waals surface area contributed by atoms with Gasteiger partial charge in [-0.1, -0.05) is 42.5 Å². The van der Waals surface area contributed by atoms with Gasteiger partial charge in [0.15, 0.2) is 0 Å². The van der Waals surface area contributed by atoms with Crippen molar-refractivity contribution in [3.63, 3.8) is 0 Å². The van der Waals surface area contributed by atoms with Crippen LogP contribution in [0.25, 0.3) is 0 Å². The molecule has 182 valence electrons. The summed E-state index contributed by atoms with van der Waals surface area (Å²) in [6.07, 6.45) is -0.466. The quantitative estimate of drug-likeness (QED) is 0.282. The number of amides is 1. The number of carbonyl (C=O) groups is 1. The number of hydrogen-bond acceptors (Lipinski definition) is 7. The molecule has 0 saturated heterocycles. The standard InChI is InChI=1S/C24H27F2N3O4S/c1-2-14-4-3-5-15(6-14)12-27-13-20(30)19(9-16-7-17(25)10-18(26)8-16)28-22(31)11-21-23(32)29-24(33)34-21/h3-8,10,19-20,27,30,32H,2,9,11-13H2,1H3,(H,28,31)(H,29,33)/t19-,20+/m1/s1. The Morgan fingerprint density at radius 2 is 1.79 bits per heavy atom. The van der Waals surface area contributed by atoms with E-state index in [1.165, 1.54) is 5.56 Å². The molecule has 0 radical (unpaired) electrons. The first-order chi connectivity index (χ1) is 16.2. The highest BCUT2D eigenvalue weighted by molar-refractivity contribution is 7.13. The molecule has 7 nitrogen and oxygen atoms in total. The summed E-state index contributed by atoms with van der Waals surface area (Å²) in [5, 5.41) is 35.3. The number of thiazole rings is 1. The summed E-state index contributed by atoms with van der Waals surface area (Å²) in [4.78, 5) is 16.2. The number of halogens is 2. The lowest BCUT2D eigenvalue weighted by atomic mass is 10.00. The minimum atomic E-state index is -1.08. The van der Waals surface area contributed by atoms with Gasteiger partial charge in [-0.3, -0.25) is 4.79 Å². The van der Waals surface area contributed by atoms with Gasteiger partial charge < -0.3 is 26.0 Å². The zero-order chi connectivity index (χ0) is 24.7. The SMILES string of the molecule is CCc1cccc(CNC[C@H](O)[C@@H](Cc2cc(F)cc(F)c2)NC(=O)Cc2sc(O)nc2O)c1. The number of benzene rings is 2. The van der Waals surface area contributed by atoms with E-state index in [9.17, 15) is 28.9 Å². The fraction of sp³-hybridized carbons (Fsp3) is 0.333. The van der Waals surface area contributed by atoms with E-state index in [1.807, 2.05) is 18.2 Å². The first kappa shape index (κ1) is 25.5. The van der Waals surface area contributed by atoms with E-state index in [4.69, 9.17) is 0 Å². The predicted molar refractivity (Wildman–Crippen MR) is 125 cm³/mol. The van der Waals surface area contributed by atoms with Gasteiger partial charge in [-0.15, -0.1) is 0 Å². The largest absolute Gasteiger partial charge is 0.492 e. The highest BCUT2D eigenvalue weighted by Crippen LogP contribution is 2.28. The molecule has 34 heavy (non-hydrogen) atoms. The Labute approximate surface area is 200 Å². The molecule has 5 N–H and O–H groups in total. The lowest BCUT2D eigenvalue weighted by molar-refractivity contribution is -0.122.